The first-order chi connectivity index (χ1) is 9.18. The van der Waals surface area contributed by atoms with Crippen molar-refractivity contribution < 1.29 is 4.79 Å². The fourth-order valence-electron chi connectivity index (χ4n) is 2.57. The van der Waals surface area contributed by atoms with Gasteiger partial charge in [0.2, 0.25) is 5.91 Å². The Morgan fingerprint density at radius 3 is 2.68 bits per heavy atom. The Labute approximate surface area is 115 Å². The first kappa shape index (κ1) is 14.0. The number of carbonyl (C=O) groups is 1. The van der Waals surface area contributed by atoms with Gasteiger partial charge in [-0.15, -0.1) is 0 Å². The van der Waals surface area contributed by atoms with Crippen molar-refractivity contribution in [1.82, 2.24) is 15.5 Å². The lowest BCUT2D eigenvalue weighted by Crippen LogP contribution is -2.48. The van der Waals surface area contributed by atoms with Gasteiger partial charge in [0.25, 0.3) is 0 Å². The maximum Gasteiger partial charge on any atom is 0.242 e. The van der Waals surface area contributed by atoms with E-state index in [4.69, 9.17) is 0 Å². The molecule has 0 saturated carbocycles. The topological polar surface area (TPSA) is 44.4 Å². The van der Waals surface area contributed by atoms with Crippen LogP contribution in [0.2, 0.25) is 0 Å². The molecule has 104 valence electrons. The van der Waals surface area contributed by atoms with Crippen molar-refractivity contribution in [3.63, 3.8) is 0 Å². The van der Waals surface area contributed by atoms with E-state index in [1.165, 1.54) is 0 Å². The zero-order valence-corrected chi connectivity index (χ0v) is 11.7. The van der Waals surface area contributed by atoms with Gasteiger partial charge in [0.15, 0.2) is 0 Å². The molecule has 0 bridgehead atoms. The van der Waals surface area contributed by atoms with Crippen molar-refractivity contribution in [2.45, 2.75) is 24.9 Å². The van der Waals surface area contributed by atoms with E-state index >= 15 is 0 Å². The monoisotopic (exact) mass is 261 g/mol. The second-order valence-corrected chi connectivity index (χ2v) is 5.33. The van der Waals surface area contributed by atoms with E-state index in [0.717, 1.165) is 31.5 Å². The van der Waals surface area contributed by atoms with Crippen molar-refractivity contribution in [3.8, 4) is 0 Å². The number of carbonyl (C=O) groups excluding carboxylic acids is 1. The number of hydrogen-bond acceptors (Lipinski definition) is 3. The molecule has 2 rings (SSSR count). The SMILES string of the molecule is CN(C)C(C(=O)NC1CCCNC1)c1ccccc1. The molecule has 1 heterocycles. The molecular weight excluding hydrogens is 238 g/mol. The molecule has 0 spiro atoms. The Balaban J connectivity index is 2.04. The number of nitrogens with one attached hydrogen (secondary N) is 2. The maximum atomic E-state index is 12.5. The van der Waals surface area contributed by atoms with Crippen LogP contribution in [0.4, 0.5) is 0 Å². The maximum absolute atomic E-state index is 12.5. The predicted molar refractivity (Wildman–Crippen MR) is 76.9 cm³/mol. The lowest BCUT2D eigenvalue weighted by molar-refractivity contribution is -0.126. The van der Waals surface area contributed by atoms with Crippen LogP contribution in [0, 0.1) is 0 Å². The Hall–Kier alpha value is -1.39. The molecule has 1 aromatic rings. The number of hydrogen-bond donors (Lipinski definition) is 2. The molecule has 0 radical (unpaired) electrons. The van der Waals surface area contributed by atoms with Crippen molar-refractivity contribution >= 4 is 5.91 Å². The normalized spacial score (nSPS) is 21.1. The van der Waals surface area contributed by atoms with Crippen LogP contribution in [0.3, 0.4) is 0 Å². The molecule has 1 fully saturated rings. The molecule has 19 heavy (non-hydrogen) atoms. The minimum absolute atomic E-state index is 0.0879. The van der Waals surface area contributed by atoms with Crippen molar-refractivity contribution in [3.05, 3.63) is 35.9 Å². The molecule has 1 aliphatic rings. The second-order valence-electron chi connectivity index (χ2n) is 5.33. The molecule has 2 atom stereocenters. The van der Waals surface area contributed by atoms with Gasteiger partial charge in [-0.3, -0.25) is 9.69 Å². The van der Waals surface area contributed by atoms with Crippen LogP contribution in [0.1, 0.15) is 24.4 Å². The summed E-state index contributed by atoms with van der Waals surface area (Å²) in [5.41, 5.74) is 1.04. The first-order valence-corrected chi connectivity index (χ1v) is 6.91. The zero-order valence-electron chi connectivity index (χ0n) is 11.7. The zero-order chi connectivity index (χ0) is 13.7. The number of benzene rings is 1. The van der Waals surface area contributed by atoms with E-state index in [1.54, 1.807) is 0 Å². The first-order valence-electron chi connectivity index (χ1n) is 6.91. The number of rotatable bonds is 4. The Morgan fingerprint density at radius 2 is 2.11 bits per heavy atom. The Bertz CT molecular complexity index is 399. The molecule has 4 nitrogen and oxygen atoms in total. The van der Waals surface area contributed by atoms with E-state index in [-0.39, 0.29) is 18.0 Å². The van der Waals surface area contributed by atoms with Crippen molar-refractivity contribution in [2.24, 2.45) is 0 Å². The minimum Gasteiger partial charge on any atom is -0.350 e. The van der Waals surface area contributed by atoms with Crippen LogP contribution in [0.15, 0.2) is 30.3 Å². The van der Waals surface area contributed by atoms with Gasteiger partial charge in [-0.25, -0.2) is 0 Å². The lowest BCUT2D eigenvalue weighted by atomic mass is 10.0. The summed E-state index contributed by atoms with van der Waals surface area (Å²) >= 11 is 0. The van der Waals surface area contributed by atoms with Gasteiger partial charge in [-0.2, -0.15) is 0 Å². The number of likely N-dealkylation sites (N-methyl/N-ethyl adjacent to an activating group) is 1. The molecule has 0 aliphatic carbocycles. The van der Waals surface area contributed by atoms with Crippen molar-refractivity contribution in [2.75, 3.05) is 27.2 Å². The minimum atomic E-state index is -0.219. The quantitative estimate of drug-likeness (QED) is 0.855. The molecule has 1 amide bonds. The summed E-state index contributed by atoms with van der Waals surface area (Å²) in [4.78, 5) is 14.4. The predicted octanol–water partition coefficient (Wildman–Crippen LogP) is 1.16. The number of piperidine rings is 1. The van der Waals surface area contributed by atoms with Crippen LogP contribution in [0.25, 0.3) is 0 Å². The van der Waals surface area contributed by atoms with Gasteiger partial charge >= 0.3 is 0 Å². The van der Waals surface area contributed by atoms with Crippen LogP contribution >= 0.6 is 0 Å². The van der Waals surface area contributed by atoms with E-state index in [0.29, 0.717) is 0 Å². The molecule has 4 heteroatoms. The highest BCUT2D eigenvalue weighted by molar-refractivity contribution is 5.83. The van der Waals surface area contributed by atoms with E-state index in [2.05, 4.69) is 10.6 Å². The van der Waals surface area contributed by atoms with Crippen LogP contribution in [-0.2, 0) is 4.79 Å². The third-order valence-corrected chi connectivity index (χ3v) is 3.52. The van der Waals surface area contributed by atoms with E-state index in [1.807, 2.05) is 49.3 Å². The van der Waals surface area contributed by atoms with Crippen LogP contribution in [-0.4, -0.2) is 44.0 Å². The van der Waals surface area contributed by atoms with Gasteiger partial charge < -0.3 is 10.6 Å². The highest BCUT2D eigenvalue weighted by Gasteiger charge is 2.25. The summed E-state index contributed by atoms with van der Waals surface area (Å²) in [5.74, 6) is 0.0879. The summed E-state index contributed by atoms with van der Waals surface area (Å²) in [5, 5.41) is 6.48. The molecule has 1 saturated heterocycles. The summed E-state index contributed by atoms with van der Waals surface area (Å²) < 4.78 is 0. The molecule has 2 N–H and O–H groups in total. The van der Waals surface area contributed by atoms with Crippen LogP contribution in [0.5, 0.6) is 0 Å². The van der Waals surface area contributed by atoms with Gasteiger partial charge in [0.05, 0.1) is 0 Å². The molecule has 1 aliphatic heterocycles. The summed E-state index contributed by atoms with van der Waals surface area (Å²) in [6.45, 7) is 1.93. The number of nitrogens with zero attached hydrogens (tertiary/aromatic N) is 1. The summed E-state index contributed by atoms with van der Waals surface area (Å²) in [7, 11) is 3.88. The lowest BCUT2D eigenvalue weighted by Gasteiger charge is -2.29. The largest absolute Gasteiger partial charge is 0.350 e. The van der Waals surface area contributed by atoms with Gasteiger partial charge in [0, 0.05) is 12.6 Å². The third kappa shape index (κ3) is 3.78. The molecule has 0 aromatic heterocycles. The molecule has 2 unspecified atom stereocenters. The van der Waals surface area contributed by atoms with Gasteiger partial charge in [0.1, 0.15) is 6.04 Å². The highest BCUT2D eigenvalue weighted by Crippen LogP contribution is 2.18. The Morgan fingerprint density at radius 1 is 1.37 bits per heavy atom. The standard InChI is InChI=1S/C15H23N3O/c1-18(2)14(12-7-4-3-5-8-12)15(19)17-13-9-6-10-16-11-13/h3-5,7-8,13-14,16H,6,9-11H2,1-2H3,(H,17,19). The summed E-state index contributed by atoms with van der Waals surface area (Å²) in [6.07, 6.45) is 2.19. The smallest absolute Gasteiger partial charge is 0.242 e. The molecule has 1 aromatic carbocycles. The van der Waals surface area contributed by atoms with Gasteiger partial charge in [-0.05, 0) is 39.0 Å². The average Bonchev–Trinajstić information content (AvgIpc) is 2.40. The van der Waals surface area contributed by atoms with Crippen molar-refractivity contribution in [1.29, 1.82) is 0 Å². The fourth-order valence-corrected chi connectivity index (χ4v) is 2.57. The fraction of sp³-hybridized carbons (Fsp3) is 0.533. The average molecular weight is 261 g/mol. The number of amides is 1. The highest BCUT2D eigenvalue weighted by atomic mass is 16.2. The van der Waals surface area contributed by atoms with E-state index < -0.39 is 0 Å². The van der Waals surface area contributed by atoms with Crippen LogP contribution < -0.4 is 10.6 Å². The second kappa shape index (κ2) is 6.68. The van der Waals surface area contributed by atoms with Gasteiger partial charge in [-0.1, -0.05) is 30.3 Å². The Kier molecular flexibility index (Phi) is 4.93. The molecular formula is C15H23N3O. The third-order valence-electron chi connectivity index (χ3n) is 3.52. The summed E-state index contributed by atoms with van der Waals surface area (Å²) in [6, 6.07) is 9.96. The van der Waals surface area contributed by atoms with E-state index in [9.17, 15) is 4.79 Å².